The molecule has 18 heavy (non-hydrogen) atoms. The van der Waals surface area contributed by atoms with Gasteiger partial charge in [-0.3, -0.25) is 4.90 Å². The smallest absolute Gasteiger partial charge is 0.0611 e. The molecule has 0 atom stereocenters. The van der Waals surface area contributed by atoms with E-state index in [1.165, 1.54) is 0 Å². The molecule has 2 N–H and O–H groups in total. The highest BCUT2D eigenvalue weighted by atomic mass is 16.5. The standard InChI is InChI=1S/C15H32N2O/c1-6-18-14-7-15(8-14,11-16)17(9-12(2)3)10-13(4)5/h12-14H,6-11,16H2,1-5H3. The maximum atomic E-state index is 6.08. The second-order valence-corrected chi connectivity index (χ2v) is 6.61. The van der Waals surface area contributed by atoms with E-state index in [0.717, 1.165) is 39.1 Å². The van der Waals surface area contributed by atoms with Crippen LogP contribution in [0.15, 0.2) is 0 Å². The number of rotatable bonds is 8. The number of hydrogen-bond acceptors (Lipinski definition) is 3. The molecule has 1 aliphatic rings. The largest absolute Gasteiger partial charge is 0.378 e. The zero-order valence-corrected chi connectivity index (χ0v) is 12.9. The average molecular weight is 256 g/mol. The molecule has 108 valence electrons. The van der Waals surface area contributed by atoms with Crippen molar-refractivity contribution in [2.24, 2.45) is 17.6 Å². The first-order valence-corrected chi connectivity index (χ1v) is 7.50. The number of hydrogen-bond donors (Lipinski definition) is 1. The van der Waals surface area contributed by atoms with Crippen LogP contribution >= 0.6 is 0 Å². The molecule has 0 spiro atoms. The third-order valence-electron chi connectivity index (χ3n) is 3.84. The Bertz CT molecular complexity index is 225. The molecule has 1 fully saturated rings. The fraction of sp³-hybridized carbons (Fsp3) is 1.00. The Labute approximate surface area is 113 Å². The first kappa shape index (κ1) is 15.9. The van der Waals surface area contributed by atoms with Gasteiger partial charge in [-0.2, -0.15) is 0 Å². The summed E-state index contributed by atoms with van der Waals surface area (Å²) in [7, 11) is 0. The highest BCUT2D eigenvalue weighted by molar-refractivity contribution is 5.04. The monoisotopic (exact) mass is 256 g/mol. The molecule has 1 rings (SSSR count). The SMILES string of the molecule is CCOC1CC(CN)(N(CC(C)C)CC(C)C)C1. The summed E-state index contributed by atoms with van der Waals surface area (Å²) in [4.78, 5) is 2.62. The predicted octanol–water partition coefficient (Wildman–Crippen LogP) is 2.50. The summed E-state index contributed by atoms with van der Waals surface area (Å²) in [6.07, 6.45) is 2.65. The van der Waals surface area contributed by atoms with Crippen molar-refractivity contribution in [3.05, 3.63) is 0 Å². The molecule has 1 saturated carbocycles. The first-order valence-electron chi connectivity index (χ1n) is 7.50. The van der Waals surface area contributed by atoms with E-state index >= 15 is 0 Å². The van der Waals surface area contributed by atoms with Gasteiger partial charge in [-0.05, 0) is 31.6 Å². The van der Waals surface area contributed by atoms with Gasteiger partial charge in [-0.25, -0.2) is 0 Å². The highest BCUT2D eigenvalue weighted by Crippen LogP contribution is 2.39. The topological polar surface area (TPSA) is 38.5 Å². The molecule has 0 amide bonds. The number of nitrogens with two attached hydrogens (primary N) is 1. The van der Waals surface area contributed by atoms with E-state index in [1.54, 1.807) is 0 Å². The van der Waals surface area contributed by atoms with Crippen molar-refractivity contribution in [3.63, 3.8) is 0 Å². The molecule has 0 bridgehead atoms. The molecule has 0 saturated heterocycles. The molecular weight excluding hydrogens is 224 g/mol. The zero-order chi connectivity index (χ0) is 13.8. The van der Waals surface area contributed by atoms with Gasteiger partial charge in [0.05, 0.1) is 6.10 Å². The molecule has 3 nitrogen and oxygen atoms in total. The summed E-state index contributed by atoms with van der Waals surface area (Å²) < 4.78 is 5.71. The Hall–Kier alpha value is -0.120. The molecule has 0 aromatic rings. The number of nitrogens with zero attached hydrogens (tertiary/aromatic N) is 1. The quantitative estimate of drug-likeness (QED) is 0.725. The Morgan fingerprint density at radius 1 is 1.17 bits per heavy atom. The fourth-order valence-electron chi connectivity index (χ4n) is 3.04. The van der Waals surface area contributed by atoms with Gasteiger partial charge in [0.15, 0.2) is 0 Å². The molecule has 1 aliphatic carbocycles. The lowest BCUT2D eigenvalue weighted by Crippen LogP contribution is -2.65. The lowest BCUT2D eigenvalue weighted by Gasteiger charge is -2.54. The normalized spacial score (nSPS) is 28.2. The van der Waals surface area contributed by atoms with Gasteiger partial charge in [0, 0.05) is 31.8 Å². The Morgan fingerprint density at radius 2 is 1.67 bits per heavy atom. The molecular formula is C15H32N2O. The van der Waals surface area contributed by atoms with Crippen molar-refractivity contribution in [2.75, 3.05) is 26.2 Å². The van der Waals surface area contributed by atoms with Crippen LogP contribution in [0.25, 0.3) is 0 Å². The highest BCUT2D eigenvalue weighted by Gasteiger charge is 2.48. The van der Waals surface area contributed by atoms with E-state index in [4.69, 9.17) is 10.5 Å². The molecule has 0 unspecified atom stereocenters. The van der Waals surface area contributed by atoms with Crippen molar-refractivity contribution in [1.29, 1.82) is 0 Å². The minimum atomic E-state index is 0.203. The van der Waals surface area contributed by atoms with Gasteiger partial charge in [0.1, 0.15) is 0 Å². The molecule has 3 heteroatoms. The summed E-state index contributed by atoms with van der Waals surface area (Å²) in [5.41, 5.74) is 6.29. The first-order chi connectivity index (χ1) is 8.43. The van der Waals surface area contributed by atoms with Crippen LogP contribution in [-0.2, 0) is 4.74 Å². The van der Waals surface area contributed by atoms with E-state index in [1.807, 2.05) is 0 Å². The number of ether oxygens (including phenoxy) is 1. The Kier molecular flexibility index (Phi) is 6.09. The predicted molar refractivity (Wildman–Crippen MR) is 77.7 cm³/mol. The van der Waals surface area contributed by atoms with Crippen molar-refractivity contribution in [1.82, 2.24) is 4.90 Å². The second-order valence-electron chi connectivity index (χ2n) is 6.61. The van der Waals surface area contributed by atoms with Crippen molar-refractivity contribution in [2.45, 2.75) is 59.1 Å². The van der Waals surface area contributed by atoms with Gasteiger partial charge in [-0.15, -0.1) is 0 Å². The van der Waals surface area contributed by atoms with Crippen LogP contribution in [0.4, 0.5) is 0 Å². The lowest BCUT2D eigenvalue weighted by molar-refractivity contribution is -0.106. The van der Waals surface area contributed by atoms with E-state index < -0.39 is 0 Å². The molecule has 0 aliphatic heterocycles. The summed E-state index contributed by atoms with van der Waals surface area (Å²) in [6.45, 7) is 15.1. The molecule has 0 aromatic carbocycles. The molecule has 0 heterocycles. The lowest BCUT2D eigenvalue weighted by atomic mass is 9.72. The van der Waals surface area contributed by atoms with Crippen LogP contribution in [0.5, 0.6) is 0 Å². The minimum Gasteiger partial charge on any atom is -0.378 e. The van der Waals surface area contributed by atoms with Crippen LogP contribution in [0.3, 0.4) is 0 Å². The van der Waals surface area contributed by atoms with Crippen LogP contribution in [0.2, 0.25) is 0 Å². The van der Waals surface area contributed by atoms with Crippen molar-refractivity contribution < 1.29 is 4.74 Å². The fourth-order valence-corrected chi connectivity index (χ4v) is 3.04. The van der Waals surface area contributed by atoms with E-state index in [9.17, 15) is 0 Å². The Balaban J connectivity index is 2.63. The maximum absolute atomic E-state index is 6.08. The average Bonchev–Trinajstić information content (AvgIpc) is 2.20. The van der Waals surface area contributed by atoms with Gasteiger partial charge in [0.2, 0.25) is 0 Å². The van der Waals surface area contributed by atoms with Crippen LogP contribution in [0.1, 0.15) is 47.5 Å². The maximum Gasteiger partial charge on any atom is 0.0611 e. The van der Waals surface area contributed by atoms with Gasteiger partial charge in [-0.1, -0.05) is 27.7 Å². The summed E-state index contributed by atoms with van der Waals surface area (Å²) in [5.74, 6) is 1.39. The third kappa shape index (κ3) is 3.94. The zero-order valence-electron chi connectivity index (χ0n) is 12.9. The summed E-state index contributed by atoms with van der Waals surface area (Å²) in [6, 6.07) is 0. The van der Waals surface area contributed by atoms with E-state index in [-0.39, 0.29) is 5.54 Å². The summed E-state index contributed by atoms with van der Waals surface area (Å²) >= 11 is 0. The van der Waals surface area contributed by atoms with Crippen molar-refractivity contribution >= 4 is 0 Å². The van der Waals surface area contributed by atoms with Gasteiger partial charge >= 0.3 is 0 Å². The third-order valence-corrected chi connectivity index (χ3v) is 3.84. The van der Waals surface area contributed by atoms with Crippen molar-refractivity contribution in [3.8, 4) is 0 Å². The molecule has 0 aromatic heterocycles. The minimum absolute atomic E-state index is 0.203. The van der Waals surface area contributed by atoms with Crippen LogP contribution < -0.4 is 5.73 Å². The van der Waals surface area contributed by atoms with E-state index in [0.29, 0.717) is 17.9 Å². The van der Waals surface area contributed by atoms with Crippen LogP contribution in [0, 0.1) is 11.8 Å². The summed E-state index contributed by atoms with van der Waals surface area (Å²) in [5, 5.41) is 0. The van der Waals surface area contributed by atoms with Crippen LogP contribution in [-0.4, -0.2) is 42.8 Å². The van der Waals surface area contributed by atoms with Gasteiger partial charge < -0.3 is 10.5 Å². The van der Waals surface area contributed by atoms with Gasteiger partial charge in [0.25, 0.3) is 0 Å². The van der Waals surface area contributed by atoms with E-state index in [2.05, 4.69) is 39.5 Å². The molecule has 0 radical (unpaired) electrons. The second kappa shape index (κ2) is 6.88. The Morgan fingerprint density at radius 3 is 2.00 bits per heavy atom.